The van der Waals surface area contributed by atoms with Crippen molar-refractivity contribution < 1.29 is 38.1 Å². The van der Waals surface area contributed by atoms with E-state index in [1.807, 2.05) is 22.2 Å². The van der Waals surface area contributed by atoms with Crippen LogP contribution in [0, 0.1) is 11.8 Å². The molecule has 4 saturated heterocycles. The van der Waals surface area contributed by atoms with Crippen molar-refractivity contribution in [3.05, 3.63) is 72.6 Å². The van der Waals surface area contributed by atoms with E-state index in [4.69, 9.17) is 28.9 Å². The third-order valence-corrected chi connectivity index (χ3v) is 15.5. The number of carbonyl (C=O) groups is 4. The summed E-state index contributed by atoms with van der Waals surface area (Å²) in [6.07, 6.45) is 12.5. The molecule has 0 bridgehead atoms. The lowest BCUT2D eigenvalue weighted by atomic mass is 9.86. The van der Waals surface area contributed by atoms with Gasteiger partial charge < -0.3 is 49.3 Å². The van der Waals surface area contributed by atoms with Gasteiger partial charge in [0.05, 0.1) is 61.3 Å². The normalized spacial score (nSPS) is 27.0. The second-order valence-electron chi connectivity index (χ2n) is 19.7. The molecule has 4 amide bonds. The number of hydrogen-bond donors (Lipinski definition) is 4. The number of benzene rings is 2. The fraction of sp³-hybridized carbons (Fsp3) is 0.560. The lowest BCUT2D eigenvalue weighted by molar-refractivity contribution is -0.140. The van der Waals surface area contributed by atoms with E-state index in [1.54, 1.807) is 0 Å². The van der Waals surface area contributed by atoms with E-state index in [1.165, 1.54) is 14.2 Å². The van der Waals surface area contributed by atoms with E-state index in [9.17, 15) is 19.2 Å². The van der Waals surface area contributed by atoms with E-state index >= 15 is 0 Å². The van der Waals surface area contributed by atoms with Gasteiger partial charge in [0.25, 0.3) is 0 Å². The first kappa shape index (κ1) is 44.1. The van der Waals surface area contributed by atoms with Gasteiger partial charge in [0.1, 0.15) is 23.7 Å². The number of likely N-dealkylation sites (tertiary alicyclic amines) is 2. The maximum atomic E-state index is 14.4. The summed E-state index contributed by atoms with van der Waals surface area (Å²) in [5.41, 5.74) is 5.49. The molecule has 6 heterocycles. The third kappa shape index (κ3) is 8.69. The van der Waals surface area contributed by atoms with Crippen LogP contribution < -0.4 is 10.6 Å². The molecule has 2 aliphatic carbocycles. The fourth-order valence-electron chi connectivity index (χ4n) is 11.4. The van der Waals surface area contributed by atoms with Gasteiger partial charge in [-0.1, -0.05) is 48.5 Å². The van der Waals surface area contributed by atoms with E-state index in [2.05, 4.69) is 83.0 Å². The first-order valence-electron chi connectivity index (χ1n) is 23.9. The molecular formula is C50H62N8O8. The van der Waals surface area contributed by atoms with Crippen molar-refractivity contribution in [3.8, 4) is 33.6 Å². The standard InChI is InChI=1S/C50H62N8O8/c1-29-5-15-39(57(29)45(59)41(55-47(61)63-3)35-17-23-65-49(25-35)19-20-49)43-51-27-37(53-43)33-11-7-31(8-12-33)32-9-13-34(14-10-32)38-28-52-44(54-38)40-16-6-30(2)58(40)46(60)42(56-48(62)64-4)36-18-24-66-50(26-36)21-22-50/h7-14,27-30,35-36,39-42H,5-6,15-26H2,1-4H3,(H,51,53)(H,52,54)(H,55,61)(H,56,62)/t29-,30-,35-,36+,39-,40-,41-,42-/m0/s1. The van der Waals surface area contributed by atoms with Crippen LogP contribution in [0.15, 0.2) is 60.9 Å². The molecule has 2 aromatic carbocycles. The monoisotopic (exact) mass is 902 g/mol. The Bertz CT molecular complexity index is 2260. The Hall–Kier alpha value is -5.74. The van der Waals surface area contributed by atoms with Crippen LogP contribution in [-0.4, -0.2) is 117 Å². The molecule has 0 radical (unpaired) electrons. The Kier molecular flexibility index (Phi) is 11.9. The predicted molar refractivity (Wildman–Crippen MR) is 244 cm³/mol. The lowest BCUT2D eigenvalue weighted by Gasteiger charge is -2.38. The minimum Gasteiger partial charge on any atom is -0.453 e. The number of carbonyl (C=O) groups excluding carboxylic acids is 4. The minimum atomic E-state index is -0.700. The second-order valence-corrected chi connectivity index (χ2v) is 19.7. The number of ether oxygens (including phenoxy) is 4. The first-order chi connectivity index (χ1) is 32.0. The van der Waals surface area contributed by atoms with E-state index < -0.39 is 24.3 Å². The fourth-order valence-corrected chi connectivity index (χ4v) is 11.4. The van der Waals surface area contributed by atoms with Gasteiger partial charge in [-0.15, -0.1) is 0 Å². The van der Waals surface area contributed by atoms with Crippen LogP contribution in [-0.2, 0) is 28.5 Å². The number of rotatable bonds is 11. The molecule has 16 heteroatoms. The highest BCUT2D eigenvalue weighted by Crippen LogP contribution is 2.51. The van der Waals surface area contributed by atoms with Crippen LogP contribution in [0.2, 0.25) is 0 Å². The highest BCUT2D eigenvalue weighted by molar-refractivity contribution is 5.88. The largest absolute Gasteiger partial charge is 0.453 e. The number of aromatic nitrogens is 4. The highest BCUT2D eigenvalue weighted by atomic mass is 16.5. The van der Waals surface area contributed by atoms with Crippen LogP contribution in [0.5, 0.6) is 0 Å². The molecule has 6 aliphatic rings. The molecule has 2 spiro atoms. The van der Waals surface area contributed by atoms with Gasteiger partial charge in [-0.3, -0.25) is 9.59 Å². The average molecular weight is 903 g/mol. The van der Waals surface area contributed by atoms with Crippen LogP contribution in [0.3, 0.4) is 0 Å². The summed E-state index contributed by atoms with van der Waals surface area (Å²) in [6.45, 7) is 5.29. The molecule has 66 heavy (non-hydrogen) atoms. The van der Waals surface area contributed by atoms with Crippen molar-refractivity contribution in [3.63, 3.8) is 0 Å². The molecule has 4 N–H and O–H groups in total. The van der Waals surface area contributed by atoms with Gasteiger partial charge in [-0.2, -0.15) is 0 Å². The second kappa shape index (κ2) is 17.8. The summed E-state index contributed by atoms with van der Waals surface area (Å²) >= 11 is 0. The number of imidazole rings is 2. The summed E-state index contributed by atoms with van der Waals surface area (Å²) in [4.78, 5) is 74.4. The van der Waals surface area contributed by atoms with Gasteiger partial charge in [0.15, 0.2) is 0 Å². The van der Waals surface area contributed by atoms with Gasteiger partial charge in [0, 0.05) is 25.3 Å². The zero-order valence-corrected chi connectivity index (χ0v) is 38.3. The van der Waals surface area contributed by atoms with Crippen LogP contribution in [0.4, 0.5) is 9.59 Å². The van der Waals surface area contributed by atoms with Crippen molar-refractivity contribution in [1.82, 2.24) is 40.4 Å². The summed E-state index contributed by atoms with van der Waals surface area (Å²) in [7, 11) is 2.65. The molecule has 10 rings (SSSR count). The SMILES string of the molecule is COC(=O)N[C@H](C(=O)N1[C@@H](C)CC[C@H]1c1ncc(-c2ccc(-c3ccc(-c4cnc([C@@H]5CC[C@H](C)N5C(=O)[C@@H](NC(=O)OC)[C@H]5CCOC6(CC6)C5)[nH]4)cc3)cc2)[nH]1)[C@@H]1CCOC2(CC2)C1. The Morgan fingerprint density at radius 1 is 0.606 bits per heavy atom. The van der Waals surface area contributed by atoms with E-state index in [-0.39, 0.29) is 59.0 Å². The Morgan fingerprint density at radius 3 is 1.35 bits per heavy atom. The molecule has 6 fully saturated rings. The number of alkyl carbamates (subject to hydrolysis) is 2. The summed E-state index contributed by atoms with van der Waals surface area (Å²) in [5.74, 6) is 1.20. The van der Waals surface area contributed by atoms with Crippen molar-refractivity contribution in [2.24, 2.45) is 11.8 Å². The van der Waals surface area contributed by atoms with E-state index in [0.29, 0.717) is 26.1 Å². The minimum absolute atomic E-state index is 0.0146. The smallest absolute Gasteiger partial charge is 0.407 e. The molecule has 16 nitrogen and oxygen atoms in total. The number of amides is 4. The predicted octanol–water partition coefficient (Wildman–Crippen LogP) is 7.61. The van der Waals surface area contributed by atoms with Crippen LogP contribution >= 0.6 is 0 Å². The molecule has 2 aromatic heterocycles. The summed E-state index contributed by atoms with van der Waals surface area (Å²) in [6, 6.07) is 14.7. The zero-order chi connectivity index (χ0) is 45.7. The number of nitrogens with zero attached hydrogens (tertiary/aromatic N) is 4. The van der Waals surface area contributed by atoms with Gasteiger partial charge >= 0.3 is 12.2 Å². The van der Waals surface area contributed by atoms with Crippen molar-refractivity contribution in [2.75, 3.05) is 27.4 Å². The molecule has 350 valence electrons. The Morgan fingerprint density at radius 2 is 0.985 bits per heavy atom. The number of nitrogens with one attached hydrogen (secondary N) is 4. The zero-order valence-electron chi connectivity index (χ0n) is 38.3. The van der Waals surface area contributed by atoms with Gasteiger partial charge in [-0.25, -0.2) is 19.6 Å². The summed E-state index contributed by atoms with van der Waals surface area (Å²) < 4.78 is 22.0. The number of H-pyrrole nitrogens is 2. The molecule has 0 unspecified atom stereocenters. The number of methoxy groups -OCH3 is 2. The third-order valence-electron chi connectivity index (χ3n) is 15.5. The van der Waals surface area contributed by atoms with Crippen molar-refractivity contribution in [1.29, 1.82) is 0 Å². The first-order valence-corrected chi connectivity index (χ1v) is 23.9. The molecule has 2 saturated carbocycles. The van der Waals surface area contributed by atoms with Crippen LogP contribution in [0.1, 0.15) is 115 Å². The topological polar surface area (TPSA) is 193 Å². The lowest BCUT2D eigenvalue weighted by Crippen LogP contribution is -2.55. The van der Waals surface area contributed by atoms with Gasteiger partial charge in [-0.05, 0) is 125 Å². The molecule has 8 atom stereocenters. The Labute approximate surface area is 385 Å². The quantitative estimate of drug-likeness (QED) is 0.117. The van der Waals surface area contributed by atoms with Crippen molar-refractivity contribution in [2.45, 2.75) is 138 Å². The van der Waals surface area contributed by atoms with Crippen molar-refractivity contribution >= 4 is 24.0 Å². The number of hydrogen-bond acceptors (Lipinski definition) is 10. The maximum Gasteiger partial charge on any atom is 0.407 e. The Balaban J connectivity index is 0.802. The van der Waals surface area contributed by atoms with E-state index in [0.717, 1.165) is 109 Å². The molecular weight excluding hydrogens is 841 g/mol. The van der Waals surface area contributed by atoms with Crippen LogP contribution in [0.25, 0.3) is 33.6 Å². The highest BCUT2D eigenvalue weighted by Gasteiger charge is 2.53. The molecule has 4 aromatic rings. The molecule has 4 aliphatic heterocycles. The number of aromatic amines is 2. The van der Waals surface area contributed by atoms with Gasteiger partial charge in [0.2, 0.25) is 11.8 Å². The summed E-state index contributed by atoms with van der Waals surface area (Å²) in [5, 5.41) is 5.80. The average Bonchev–Trinajstić information content (AvgIpc) is 3.87. The maximum absolute atomic E-state index is 14.4.